The van der Waals surface area contributed by atoms with Gasteiger partial charge in [-0.05, 0) is 42.3 Å². The van der Waals surface area contributed by atoms with E-state index in [-0.39, 0.29) is 17.7 Å². The highest BCUT2D eigenvalue weighted by molar-refractivity contribution is 5.94. The molecule has 0 radical (unpaired) electrons. The Balaban J connectivity index is 1.89. The summed E-state index contributed by atoms with van der Waals surface area (Å²) in [4.78, 5) is 23.8. The molecule has 0 aromatic heterocycles. The van der Waals surface area contributed by atoms with E-state index in [1.54, 1.807) is 24.3 Å². The summed E-state index contributed by atoms with van der Waals surface area (Å²) in [7, 11) is 0. The predicted molar refractivity (Wildman–Crippen MR) is 97.7 cm³/mol. The van der Waals surface area contributed by atoms with Gasteiger partial charge in [0.25, 0.3) is 0 Å². The van der Waals surface area contributed by atoms with Crippen LogP contribution in [-0.4, -0.2) is 11.8 Å². The summed E-state index contributed by atoms with van der Waals surface area (Å²) in [6.45, 7) is 3.66. The molecule has 2 aromatic rings. The average Bonchev–Trinajstić information content (AvgIpc) is 2.54. The average molecular weight is 325 g/mol. The number of anilines is 3. The lowest BCUT2D eigenvalue weighted by atomic mass is 10.1. The van der Waals surface area contributed by atoms with E-state index < -0.39 is 0 Å². The van der Waals surface area contributed by atoms with Crippen molar-refractivity contribution >= 4 is 28.9 Å². The monoisotopic (exact) mass is 325 g/mol. The maximum atomic E-state index is 12.1. The molecule has 0 atom stereocenters. The Bertz CT molecular complexity index is 709. The number of hydrogen-bond acceptors (Lipinski definition) is 3. The van der Waals surface area contributed by atoms with Crippen molar-refractivity contribution in [2.75, 3.05) is 16.4 Å². The zero-order chi connectivity index (χ0) is 17.5. The standard InChI is InChI=1S/C19H23N3O2/c1-13(2)19(24)22-17-5-3-4-16(12-17)21-18(23)11-8-14-6-9-15(20)10-7-14/h3-7,9-10,12-13H,8,11,20H2,1-2H3,(H,21,23)(H,22,24). The lowest BCUT2D eigenvalue weighted by Gasteiger charge is -2.10. The van der Waals surface area contributed by atoms with Gasteiger partial charge in [0.1, 0.15) is 0 Å². The molecule has 0 unspecified atom stereocenters. The fourth-order valence-corrected chi connectivity index (χ4v) is 2.13. The first-order valence-electron chi connectivity index (χ1n) is 7.99. The van der Waals surface area contributed by atoms with Crippen LogP contribution in [0.1, 0.15) is 25.8 Å². The van der Waals surface area contributed by atoms with Crippen molar-refractivity contribution in [3.05, 3.63) is 54.1 Å². The number of nitrogen functional groups attached to an aromatic ring is 1. The number of benzene rings is 2. The molecule has 5 nitrogen and oxygen atoms in total. The number of aryl methyl sites for hydroxylation is 1. The molecule has 4 N–H and O–H groups in total. The summed E-state index contributed by atoms with van der Waals surface area (Å²) in [5.74, 6) is -0.218. The molecule has 5 heteroatoms. The first kappa shape index (κ1) is 17.5. The fourth-order valence-electron chi connectivity index (χ4n) is 2.13. The summed E-state index contributed by atoms with van der Waals surface area (Å²) < 4.78 is 0. The molecule has 0 aliphatic rings. The van der Waals surface area contributed by atoms with Gasteiger partial charge in [0.2, 0.25) is 11.8 Å². The number of hydrogen-bond donors (Lipinski definition) is 3. The zero-order valence-electron chi connectivity index (χ0n) is 14.0. The second kappa shape index (κ2) is 8.15. The molecule has 0 aliphatic carbocycles. The molecule has 2 rings (SSSR count). The molecule has 0 heterocycles. The van der Waals surface area contributed by atoms with Crippen LogP contribution < -0.4 is 16.4 Å². The smallest absolute Gasteiger partial charge is 0.226 e. The Kier molecular flexibility index (Phi) is 5.95. The maximum absolute atomic E-state index is 12.1. The van der Waals surface area contributed by atoms with Crippen molar-refractivity contribution in [2.24, 2.45) is 5.92 Å². The van der Waals surface area contributed by atoms with Gasteiger partial charge >= 0.3 is 0 Å². The first-order valence-corrected chi connectivity index (χ1v) is 7.99. The number of carbonyl (C=O) groups excluding carboxylic acids is 2. The van der Waals surface area contributed by atoms with Gasteiger partial charge in [-0.2, -0.15) is 0 Å². The third-order valence-corrected chi connectivity index (χ3v) is 3.56. The Labute approximate surface area is 142 Å². The van der Waals surface area contributed by atoms with Gasteiger partial charge in [-0.15, -0.1) is 0 Å². The minimum atomic E-state index is -0.0943. The zero-order valence-corrected chi connectivity index (χ0v) is 14.0. The van der Waals surface area contributed by atoms with Gasteiger partial charge in [-0.1, -0.05) is 32.0 Å². The van der Waals surface area contributed by atoms with Crippen molar-refractivity contribution < 1.29 is 9.59 Å². The van der Waals surface area contributed by atoms with Gasteiger partial charge in [0.15, 0.2) is 0 Å². The fraction of sp³-hybridized carbons (Fsp3) is 0.263. The molecular formula is C19H23N3O2. The van der Waals surface area contributed by atoms with Crippen molar-refractivity contribution in [3.63, 3.8) is 0 Å². The Hall–Kier alpha value is -2.82. The molecule has 24 heavy (non-hydrogen) atoms. The van der Waals surface area contributed by atoms with Gasteiger partial charge in [-0.25, -0.2) is 0 Å². The molecule has 0 aliphatic heterocycles. The maximum Gasteiger partial charge on any atom is 0.226 e. The van der Waals surface area contributed by atoms with Crippen molar-refractivity contribution in [2.45, 2.75) is 26.7 Å². The van der Waals surface area contributed by atoms with Crippen LogP contribution in [0.5, 0.6) is 0 Å². The predicted octanol–water partition coefficient (Wildman–Crippen LogP) is 3.43. The van der Waals surface area contributed by atoms with E-state index in [4.69, 9.17) is 5.73 Å². The van der Waals surface area contributed by atoms with Gasteiger partial charge in [0, 0.05) is 29.4 Å². The quantitative estimate of drug-likeness (QED) is 0.711. The van der Waals surface area contributed by atoms with E-state index in [0.29, 0.717) is 29.9 Å². The summed E-state index contributed by atoms with van der Waals surface area (Å²) in [6.07, 6.45) is 1.03. The molecule has 0 spiro atoms. The van der Waals surface area contributed by atoms with Crippen LogP contribution in [0.4, 0.5) is 17.1 Å². The Morgan fingerprint density at radius 2 is 1.62 bits per heavy atom. The minimum absolute atomic E-state index is 0.0539. The molecular weight excluding hydrogens is 302 g/mol. The highest BCUT2D eigenvalue weighted by Gasteiger charge is 2.08. The van der Waals surface area contributed by atoms with Crippen LogP contribution in [0.2, 0.25) is 0 Å². The third kappa shape index (κ3) is 5.43. The number of amides is 2. The van der Waals surface area contributed by atoms with Crippen LogP contribution >= 0.6 is 0 Å². The second-order valence-electron chi connectivity index (χ2n) is 6.01. The van der Waals surface area contributed by atoms with E-state index >= 15 is 0 Å². The summed E-state index contributed by atoms with van der Waals surface area (Å²) in [5, 5.41) is 5.67. The number of nitrogens with two attached hydrogens (primary N) is 1. The van der Waals surface area contributed by atoms with E-state index in [0.717, 1.165) is 5.56 Å². The second-order valence-corrected chi connectivity index (χ2v) is 6.01. The highest BCUT2D eigenvalue weighted by atomic mass is 16.2. The van der Waals surface area contributed by atoms with Crippen LogP contribution in [0.3, 0.4) is 0 Å². The van der Waals surface area contributed by atoms with Gasteiger partial charge in [0.05, 0.1) is 0 Å². The summed E-state index contributed by atoms with van der Waals surface area (Å²) in [6, 6.07) is 14.6. The van der Waals surface area contributed by atoms with Crippen molar-refractivity contribution in [1.29, 1.82) is 0 Å². The van der Waals surface area contributed by atoms with Crippen LogP contribution in [0.25, 0.3) is 0 Å². The number of rotatable bonds is 6. The molecule has 0 saturated carbocycles. The van der Waals surface area contributed by atoms with E-state index in [1.165, 1.54) is 0 Å². The van der Waals surface area contributed by atoms with Gasteiger partial charge in [-0.3, -0.25) is 9.59 Å². The van der Waals surface area contributed by atoms with Gasteiger partial charge < -0.3 is 16.4 Å². The molecule has 126 valence electrons. The molecule has 0 saturated heterocycles. The van der Waals surface area contributed by atoms with E-state index in [9.17, 15) is 9.59 Å². The number of carbonyl (C=O) groups is 2. The largest absolute Gasteiger partial charge is 0.399 e. The highest BCUT2D eigenvalue weighted by Crippen LogP contribution is 2.16. The number of nitrogens with one attached hydrogen (secondary N) is 2. The Morgan fingerprint density at radius 1 is 1.00 bits per heavy atom. The summed E-state index contributed by atoms with van der Waals surface area (Å²) in [5.41, 5.74) is 8.76. The van der Waals surface area contributed by atoms with E-state index in [1.807, 2.05) is 38.1 Å². The van der Waals surface area contributed by atoms with Crippen molar-refractivity contribution in [3.8, 4) is 0 Å². The third-order valence-electron chi connectivity index (χ3n) is 3.56. The SMILES string of the molecule is CC(C)C(=O)Nc1cccc(NC(=O)CCc2ccc(N)cc2)c1. The van der Waals surface area contributed by atoms with Crippen molar-refractivity contribution in [1.82, 2.24) is 0 Å². The normalized spacial score (nSPS) is 10.5. The molecule has 0 bridgehead atoms. The van der Waals surface area contributed by atoms with Crippen LogP contribution in [0.15, 0.2) is 48.5 Å². The first-order chi connectivity index (χ1) is 11.4. The Morgan fingerprint density at radius 3 is 2.25 bits per heavy atom. The minimum Gasteiger partial charge on any atom is -0.399 e. The molecule has 2 aromatic carbocycles. The van der Waals surface area contributed by atoms with E-state index in [2.05, 4.69) is 10.6 Å². The van der Waals surface area contributed by atoms with Crippen LogP contribution in [0, 0.1) is 5.92 Å². The topological polar surface area (TPSA) is 84.2 Å². The summed E-state index contributed by atoms with van der Waals surface area (Å²) >= 11 is 0. The molecule has 0 fully saturated rings. The van der Waals surface area contributed by atoms with Crippen LogP contribution in [-0.2, 0) is 16.0 Å². The lowest BCUT2D eigenvalue weighted by molar-refractivity contribution is -0.119. The molecule has 2 amide bonds. The lowest BCUT2D eigenvalue weighted by Crippen LogP contribution is -2.18.